The molecule has 5 heteroatoms. The Hall–Kier alpha value is -1.88. The number of fused-ring (bicyclic) bond motifs is 2. The Balaban J connectivity index is 1.59. The molecule has 1 amide bonds. The van der Waals surface area contributed by atoms with E-state index in [2.05, 4.69) is 43.8 Å². The SMILES string of the molecule is CN1CCN(C(=O)c2cc3nc4c(cc3[nH]2)CC(C(C)(C)C)CC4)CC1. The van der Waals surface area contributed by atoms with Crippen LogP contribution in [0.3, 0.4) is 0 Å². The maximum atomic E-state index is 12.8. The Morgan fingerprint density at radius 2 is 1.92 bits per heavy atom. The Morgan fingerprint density at radius 3 is 2.62 bits per heavy atom. The molecule has 1 N–H and O–H groups in total. The van der Waals surface area contributed by atoms with Gasteiger partial charge >= 0.3 is 0 Å². The number of hydrogen-bond acceptors (Lipinski definition) is 3. The van der Waals surface area contributed by atoms with E-state index >= 15 is 0 Å². The first-order valence-corrected chi connectivity index (χ1v) is 9.80. The van der Waals surface area contributed by atoms with Crippen LogP contribution in [0.15, 0.2) is 12.1 Å². The molecule has 0 bridgehead atoms. The molecule has 2 aromatic rings. The number of amides is 1. The van der Waals surface area contributed by atoms with Crippen LogP contribution in [0.2, 0.25) is 0 Å². The van der Waals surface area contributed by atoms with Crippen molar-refractivity contribution in [1.82, 2.24) is 19.8 Å². The van der Waals surface area contributed by atoms with Crippen molar-refractivity contribution in [1.29, 1.82) is 0 Å². The van der Waals surface area contributed by atoms with Gasteiger partial charge in [-0.15, -0.1) is 0 Å². The van der Waals surface area contributed by atoms with Gasteiger partial charge in [-0.3, -0.25) is 9.78 Å². The van der Waals surface area contributed by atoms with Crippen LogP contribution in [0.1, 0.15) is 48.9 Å². The topological polar surface area (TPSA) is 52.2 Å². The number of hydrogen-bond donors (Lipinski definition) is 1. The molecule has 1 aliphatic carbocycles. The van der Waals surface area contributed by atoms with Crippen LogP contribution in [0.4, 0.5) is 0 Å². The lowest BCUT2D eigenvalue weighted by Crippen LogP contribution is -2.47. The van der Waals surface area contributed by atoms with Crippen LogP contribution in [0.25, 0.3) is 11.0 Å². The predicted molar refractivity (Wildman–Crippen MR) is 104 cm³/mol. The van der Waals surface area contributed by atoms with Gasteiger partial charge in [-0.25, -0.2) is 0 Å². The lowest BCUT2D eigenvalue weighted by atomic mass is 9.71. The highest BCUT2D eigenvalue weighted by Crippen LogP contribution is 2.37. The molecule has 1 saturated heterocycles. The van der Waals surface area contributed by atoms with E-state index in [9.17, 15) is 4.79 Å². The smallest absolute Gasteiger partial charge is 0.270 e. The second-order valence-electron chi connectivity index (χ2n) is 9.11. The molecule has 1 aliphatic heterocycles. The summed E-state index contributed by atoms with van der Waals surface area (Å²) in [7, 11) is 2.10. The first-order valence-electron chi connectivity index (χ1n) is 9.80. The monoisotopic (exact) mass is 354 g/mol. The van der Waals surface area contributed by atoms with Crippen molar-refractivity contribution in [3.63, 3.8) is 0 Å². The van der Waals surface area contributed by atoms with Gasteiger partial charge in [0.1, 0.15) is 5.69 Å². The molecule has 2 aromatic heterocycles. The maximum absolute atomic E-state index is 12.8. The third-order valence-electron chi connectivity index (χ3n) is 6.21. The summed E-state index contributed by atoms with van der Waals surface area (Å²) in [4.78, 5) is 25.3. The molecule has 4 rings (SSSR count). The minimum atomic E-state index is 0.0987. The molecule has 1 atom stereocenters. The summed E-state index contributed by atoms with van der Waals surface area (Å²) in [6.07, 6.45) is 3.33. The number of aromatic amines is 1. The number of aryl methyl sites for hydroxylation is 1. The van der Waals surface area contributed by atoms with Crippen molar-refractivity contribution in [3.05, 3.63) is 29.1 Å². The fourth-order valence-electron chi connectivity index (χ4n) is 4.24. The molecule has 5 nitrogen and oxygen atoms in total. The summed E-state index contributed by atoms with van der Waals surface area (Å²) in [5.74, 6) is 0.789. The van der Waals surface area contributed by atoms with Crippen molar-refractivity contribution in [2.24, 2.45) is 11.3 Å². The summed E-state index contributed by atoms with van der Waals surface area (Å²) in [5.41, 5.74) is 5.49. The maximum Gasteiger partial charge on any atom is 0.270 e. The van der Waals surface area contributed by atoms with Gasteiger partial charge in [-0.05, 0) is 55.3 Å². The van der Waals surface area contributed by atoms with Gasteiger partial charge in [-0.1, -0.05) is 20.8 Å². The molecule has 2 aliphatic rings. The van der Waals surface area contributed by atoms with E-state index in [1.165, 1.54) is 17.7 Å². The zero-order valence-electron chi connectivity index (χ0n) is 16.4. The van der Waals surface area contributed by atoms with Gasteiger partial charge in [0, 0.05) is 31.9 Å². The van der Waals surface area contributed by atoms with Crippen molar-refractivity contribution < 1.29 is 4.79 Å². The number of carbonyl (C=O) groups excluding carboxylic acids is 1. The number of nitrogens with one attached hydrogen (secondary N) is 1. The lowest BCUT2D eigenvalue weighted by Gasteiger charge is -2.34. The Bertz CT molecular complexity index is 824. The zero-order chi connectivity index (χ0) is 18.5. The van der Waals surface area contributed by atoms with E-state index in [0.29, 0.717) is 17.0 Å². The minimum Gasteiger partial charge on any atom is -0.349 e. The minimum absolute atomic E-state index is 0.0987. The van der Waals surface area contributed by atoms with Crippen molar-refractivity contribution in [2.45, 2.75) is 40.0 Å². The fraction of sp³-hybridized carbons (Fsp3) is 0.619. The summed E-state index contributed by atoms with van der Waals surface area (Å²) in [6.45, 7) is 10.4. The number of piperazine rings is 1. The number of H-pyrrole nitrogens is 1. The van der Waals surface area contributed by atoms with E-state index in [4.69, 9.17) is 4.98 Å². The van der Waals surface area contributed by atoms with Crippen LogP contribution >= 0.6 is 0 Å². The lowest BCUT2D eigenvalue weighted by molar-refractivity contribution is 0.0659. The third kappa shape index (κ3) is 3.25. The van der Waals surface area contributed by atoms with Crippen LogP contribution < -0.4 is 0 Å². The average molecular weight is 354 g/mol. The number of aromatic nitrogens is 2. The first-order chi connectivity index (χ1) is 12.3. The predicted octanol–water partition coefficient (Wildman–Crippen LogP) is 3.10. The second-order valence-corrected chi connectivity index (χ2v) is 9.11. The quantitative estimate of drug-likeness (QED) is 0.856. The third-order valence-corrected chi connectivity index (χ3v) is 6.21. The summed E-state index contributed by atoms with van der Waals surface area (Å²) in [6, 6.07) is 4.17. The fourth-order valence-corrected chi connectivity index (χ4v) is 4.24. The van der Waals surface area contributed by atoms with Gasteiger partial charge in [0.05, 0.1) is 11.0 Å². The van der Waals surface area contributed by atoms with Crippen LogP contribution in [0.5, 0.6) is 0 Å². The molecule has 1 fully saturated rings. The van der Waals surface area contributed by atoms with E-state index in [-0.39, 0.29) is 5.91 Å². The van der Waals surface area contributed by atoms with E-state index in [1.54, 1.807) is 0 Å². The van der Waals surface area contributed by atoms with Crippen molar-refractivity contribution in [2.75, 3.05) is 33.2 Å². The van der Waals surface area contributed by atoms with Crippen molar-refractivity contribution in [3.8, 4) is 0 Å². The summed E-state index contributed by atoms with van der Waals surface area (Å²) < 4.78 is 0. The average Bonchev–Trinajstić information content (AvgIpc) is 3.01. The van der Waals surface area contributed by atoms with Gasteiger partial charge in [0.25, 0.3) is 5.91 Å². The van der Waals surface area contributed by atoms with Gasteiger partial charge < -0.3 is 14.8 Å². The second kappa shape index (κ2) is 6.38. The number of pyridine rings is 1. The number of carbonyl (C=O) groups is 1. The van der Waals surface area contributed by atoms with Crippen LogP contribution in [0, 0.1) is 11.3 Å². The van der Waals surface area contributed by atoms with Gasteiger partial charge in [0.15, 0.2) is 0 Å². The number of rotatable bonds is 1. The van der Waals surface area contributed by atoms with Gasteiger partial charge in [0.2, 0.25) is 0 Å². The van der Waals surface area contributed by atoms with E-state index in [0.717, 1.165) is 50.1 Å². The van der Waals surface area contributed by atoms with Crippen molar-refractivity contribution >= 4 is 16.9 Å². The summed E-state index contributed by atoms with van der Waals surface area (Å²) in [5, 5.41) is 0. The molecular weight excluding hydrogens is 324 g/mol. The largest absolute Gasteiger partial charge is 0.349 e. The van der Waals surface area contributed by atoms with E-state index < -0.39 is 0 Å². The molecule has 140 valence electrons. The molecule has 0 spiro atoms. The Labute approximate surface area is 155 Å². The highest BCUT2D eigenvalue weighted by molar-refractivity contribution is 5.97. The number of likely N-dealkylation sites (N-methyl/N-ethyl adjacent to an activating group) is 1. The molecule has 1 unspecified atom stereocenters. The van der Waals surface area contributed by atoms with Crippen LogP contribution in [-0.4, -0.2) is 58.9 Å². The Kier molecular flexibility index (Phi) is 4.30. The number of nitrogens with zero attached hydrogens (tertiary/aromatic N) is 3. The molecule has 0 aromatic carbocycles. The zero-order valence-corrected chi connectivity index (χ0v) is 16.4. The first kappa shape index (κ1) is 17.5. The molecule has 26 heavy (non-hydrogen) atoms. The highest BCUT2D eigenvalue weighted by atomic mass is 16.2. The highest BCUT2D eigenvalue weighted by Gasteiger charge is 2.30. The summed E-state index contributed by atoms with van der Waals surface area (Å²) >= 11 is 0. The molecule has 0 saturated carbocycles. The van der Waals surface area contributed by atoms with Crippen LogP contribution in [-0.2, 0) is 12.8 Å². The molecule has 3 heterocycles. The van der Waals surface area contributed by atoms with E-state index in [1.807, 2.05) is 11.0 Å². The van der Waals surface area contributed by atoms with Gasteiger partial charge in [-0.2, -0.15) is 0 Å². The molecular formula is C21H30N4O. The Morgan fingerprint density at radius 1 is 1.19 bits per heavy atom. The normalized spacial score (nSPS) is 21.8. The molecule has 0 radical (unpaired) electrons. The standard InChI is InChI=1S/C21H30N4O/c1-21(2,3)15-5-6-16-14(11-15)12-17-18(22-16)13-19(23-17)20(26)25-9-7-24(4)8-10-25/h12-13,15,23H,5-11H2,1-4H3.